The molecule has 3 aromatic rings. The molecule has 0 spiro atoms. The van der Waals surface area contributed by atoms with Crippen LogP contribution in [0.1, 0.15) is 29.5 Å². The first-order valence-electron chi connectivity index (χ1n) is 10.2. The van der Waals surface area contributed by atoms with Crippen molar-refractivity contribution in [1.82, 2.24) is 4.90 Å². The van der Waals surface area contributed by atoms with Crippen molar-refractivity contribution in [3.63, 3.8) is 0 Å². The molecule has 0 bridgehead atoms. The van der Waals surface area contributed by atoms with Gasteiger partial charge in [0.2, 0.25) is 0 Å². The number of amides is 1. The molecule has 1 aliphatic rings. The highest BCUT2D eigenvalue weighted by atomic mass is 35.5. The highest BCUT2D eigenvalue weighted by Gasteiger charge is 2.36. The van der Waals surface area contributed by atoms with E-state index in [9.17, 15) is 18.0 Å². The normalized spacial score (nSPS) is 17.4. The Morgan fingerprint density at radius 1 is 1.19 bits per heavy atom. The summed E-state index contributed by atoms with van der Waals surface area (Å²) in [6.07, 6.45) is 0.332. The molecule has 2 aromatic carbocycles. The Hall–Kier alpha value is -2.84. The van der Waals surface area contributed by atoms with Crippen molar-refractivity contribution < 1.29 is 22.4 Å². The number of halogens is 1. The van der Waals surface area contributed by atoms with Crippen molar-refractivity contribution in [2.45, 2.75) is 25.9 Å². The van der Waals surface area contributed by atoms with Gasteiger partial charge in [-0.3, -0.25) is 9.59 Å². The van der Waals surface area contributed by atoms with Gasteiger partial charge in [-0.05, 0) is 49.2 Å². The van der Waals surface area contributed by atoms with Gasteiger partial charge in [0.05, 0.1) is 23.5 Å². The van der Waals surface area contributed by atoms with Crippen LogP contribution >= 0.6 is 11.6 Å². The summed E-state index contributed by atoms with van der Waals surface area (Å²) in [5, 5.41) is 0.660. The Morgan fingerprint density at radius 3 is 2.59 bits per heavy atom. The molecule has 4 rings (SSSR count). The minimum absolute atomic E-state index is 0.0187. The summed E-state index contributed by atoms with van der Waals surface area (Å²) in [6.45, 7) is 2.60. The molecule has 7 nitrogen and oxygen atoms in total. The van der Waals surface area contributed by atoms with Gasteiger partial charge in [0.15, 0.2) is 21.0 Å². The zero-order valence-electron chi connectivity index (χ0n) is 17.4. The highest BCUT2D eigenvalue weighted by Crippen LogP contribution is 2.25. The Kier molecular flexibility index (Phi) is 6.26. The van der Waals surface area contributed by atoms with E-state index < -0.39 is 27.2 Å². The predicted molar refractivity (Wildman–Crippen MR) is 122 cm³/mol. The standard InChI is InChI=1S/C23H22ClNO6S/c1-2-30-18-6-3-15(4-7-18)13-25(17-9-10-32(28,29)14-17)23(27)22-12-20(26)19-11-16(24)5-8-21(19)31-22/h3-8,11-12,17H,2,9-10,13-14H2,1H3/t17-/m1/s1. The number of benzene rings is 2. The first kappa shape index (κ1) is 22.4. The maximum absolute atomic E-state index is 13.4. The average molecular weight is 476 g/mol. The van der Waals surface area contributed by atoms with Crippen LogP contribution in [0, 0.1) is 0 Å². The fourth-order valence-corrected chi connectivity index (χ4v) is 5.72. The number of hydrogen-bond acceptors (Lipinski definition) is 6. The third-order valence-corrected chi connectivity index (χ3v) is 7.38. The fraction of sp³-hybridized carbons (Fsp3) is 0.304. The van der Waals surface area contributed by atoms with Crippen molar-refractivity contribution >= 4 is 38.3 Å². The second kappa shape index (κ2) is 8.96. The van der Waals surface area contributed by atoms with Crippen LogP contribution < -0.4 is 10.2 Å². The maximum atomic E-state index is 13.4. The lowest BCUT2D eigenvalue weighted by molar-refractivity contribution is 0.0648. The second-order valence-electron chi connectivity index (χ2n) is 7.68. The van der Waals surface area contributed by atoms with Gasteiger partial charge in [-0.15, -0.1) is 0 Å². The molecular weight excluding hydrogens is 454 g/mol. The second-order valence-corrected chi connectivity index (χ2v) is 10.3. The van der Waals surface area contributed by atoms with Crippen LogP contribution in [0.3, 0.4) is 0 Å². The van der Waals surface area contributed by atoms with Gasteiger partial charge >= 0.3 is 0 Å². The molecule has 32 heavy (non-hydrogen) atoms. The minimum atomic E-state index is -3.23. The van der Waals surface area contributed by atoms with Crippen LogP contribution in [0.4, 0.5) is 0 Å². The number of hydrogen-bond donors (Lipinski definition) is 0. The van der Waals surface area contributed by atoms with E-state index in [4.69, 9.17) is 20.8 Å². The fourth-order valence-electron chi connectivity index (χ4n) is 3.82. The SMILES string of the molecule is CCOc1ccc(CN(C(=O)c2cc(=O)c3cc(Cl)ccc3o2)[C@@H]2CCS(=O)(=O)C2)cc1. The molecule has 0 saturated carbocycles. The van der Waals surface area contributed by atoms with Crippen molar-refractivity contribution in [3.8, 4) is 5.75 Å². The van der Waals surface area contributed by atoms with Gasteiger partial charge in [-0.2, -0.15) is 0 Å². The first-order chi connectivity index (χ1) is 15.3. The Balaban J connectivity index is 1.69. The van der Waals surface area contributed by atoms with E-state index in [1.165, 1.54) is 17.0 Å². The van der Waals surface area contributed by atoms with Crippen molar-refractivity contribution in [2.24, 2.45) is 0 Å². The summed E-state index contributed by atoms with van der Waals surface area (Å²) in [4.78, 5) is 27.5. The smallest absolute Gasteiger partial charge is 0.290 e. The molecule has 0 N–H and O–H groups in total. The summed E-state index contributed by atoms with van der Waals surface area (Å²) in [5.41, 5.74) is 0.656. The number of carbonyl (C=O) groups is 1. The van der Waals surface area contributed by atoms with Gasteiger partial charge in [0.25, 0.3) is 5.91 Å². The summed E-state index contributed by atoms with van der Waals surface area (Å²) >= 11 is 5.96. The molecule has 1 atom stereocenters. The van der Waals surface area contributed by atoms with E-state index in [0.29, 0.717) is 23.8 Å². The van der Waals surface area contributed by atoms with Crippen molar-refractivity contribution in [2.75, 3.05) is 18.1 Å². The van der Waals surface area contributed by atoms with Gasteiger partial charge in [0.1, 0.15) is 11.3 Å². The Bertz CT molecular complexity index is 1320. The van der Waals surface area contributed by atoms with E-state index in [2.05, 4.69) is 0 Å². The molecular formula is C23H22ClNO6S. The first-order valence-corrected chi connectivity index (χ1v) is 12.4. The molecule has 168 valence electrons. The van der Waals surface area contributed by atoms with E-state index >= 15 is 0 Å². The number of fused-ring (bicyclic) bond motifs is 1. The van der Waals surface area contributed by atoms with Gasteiger partial charge in [-0.1, -0.05) is 23.7 Å². The van der Waals surface area contributed by atoms with Crippen LogP contribution in [0.15, 0.2) is 57.7 Å². The maximum Gasteiger partial charge on any atom is 0.290 e. The van der Waals surface area contributed by atoms with Crippen molar-refractivity contribution in [3.05, 3.63) is 75.1 Å². The third-order valence-electron chi connectivity index (χ3n) is 5.40. The van der Waals surface area contributed by atoms with Crippen LogP contribution in [0.5, 0.6) is 5.75 Å². The predicted octanol–water partition coefficient (Wildman–Crippen LogP) is 3.67. The summed E-state index contributed by atoms with van der Waals surface area (Å²) in [6, 6.07) is 12.5. The molecule has 1 aliphatic heterocycles. The lowest BCUT2D eigenvalue weighted by Gasteiger charge is -2.28. The van der Waals surface area contributed by atoms with Crippen molar-refractivity contribution in [1.29, 1.82) is 0 Å². The largest absolute Gasteiger partial charge is 0.494 e. The molecule has 1 saturated heterocycles. The summed E-state index contributed by atoms with van der Waals surface area (Å²) < 4.78 is 35.4. The third kappa shape index (κ3) is 4.81. The molecule has 9 heteroatoms. The number of sulfone groups is 1. The number of carbonyl (C=O) groups excluding carboxylic acids is 1. The molecule has 1 fully saturated rings. The van der Waals surface area contributed by atoms with E-state index in [0.717, 1.165) is 11.6 Å². The lowest BCUT2D eigenvalue weighted by Crippen LogP contribution is -2.40. The molecule has 0 aliphatic carbocycles. The van der Waals surface area contributed by atoms with Gasteiger partial charge in [0, 0.05) is 23.7 Å². The van der Waals surface area contributed by atoms with E-state index in [1.807, 2.05) is 19.1 Å². The van der Waals surface area contributed by atoms with Crippen LogP contribution in [-0.2, 0) is 16.4 Å². The zero-order chi connectivity index (χ0) is 22.9. The Labute approximate surface area is 190 Å². The molecule has 1 amide bonds. The number of rotatable bonds is 6. The van der Waals surface area contributed by atoms with E-state index in [1.54, 1.807) is 18.2 Å². The summed E-state index contributed by atoms with van der Waals surface area (Å²) in [5.74, 6) is -0.0691. The van der Waals surface area contributed by atoms with E-state index in [-0.39, 0.29) is 34.8 Å². The van der Waals surface area contributed by atoms with Crippen LogP contribution in [-0.4, -0.2) is 43.4 Å². The van der Waals surface area contributed by atoms with Crippen LogP contribution in [0.2, 0.25) is 5.02 Å². The quantitative estimate of drug-likeness (QED) is 0.540. The zero-order valence-corrected chi connectivity index (χ0v) is 19.0. The molecule has 2 heterocycles. The average Bonchev–Trinajstić information content (AvgIpc) is 3.12. The highest BCUT2D eigenvalue weighted by molar-refractivity contribution is 7.91. The molecule has 0 unspecified atom stereocenters. The lowest BCUT2D eigenvalue weighted by atomic mass is 10.1. The summed E-state index contributed by atoms with van der Waals surface area (Å²) in [7, 11) is -3.23. The molecule has 1 aromatic heterocycles. The van der Waals surface area contributed by atoms with Gasteiger partial charge < -0.3 is 14.1 Å². The minimum Gasteiger partial charge on any atom is -0.494 e. The Morgan fingerprint density at radius 2 is 1.94 bits per heavy atom. The van der Waals surface area contributed by atoms with Crippen LogP contribution in [0.25, 0.3) is 11.0 Å². The number of nitrogens with zero attached hydrogens (tertiary/aromatic N) is 1. The monoisotopic (exact) mass is 475 g/mol. The molecule has 0 radical (unpaired) electrons. The van der Waals surface area contributed by atoms with Gasteiger partial charge in [-0.25, -0.2) is 8.42 Å². The topological polar surface area (TPSA) is 93.9 Å². The number of ether oxygens (including phenoxy) is 1.